The van der Waals surface area contributed by atoms with Crippen LogP contribution in [0.25, 0.3) is 22.3 Å². The Morgan fingerprint density at radius 3 is 2.27 bits per heavy atom. The number of nitrogens with one attached hydrogen (secondary N) is 3. The van der Waals surface area contributed by atoms with Gasteiger partial charge in [-0.05, 0) is 6.42 Å². The maximum absolute atomic E-state index is 13.6. The number of aromatic nitrogens is 10. The first-order chi connectivity index (χ1) is 34.9. The zero-order valence-corrected chi connectivity index (χ0v) is 41.5. The van der Waals surface area contributed by atoms with Gasteiger partial charge < -0.3 is 75.0 Å². The molecule has 5 aromatic heterocycles. The first-order valence-electron chi connectivity index (χ1n) is 21.9. The fraction of sp³-hybridized carbons (Fsp3) is 0.583. The van der Waals surface area contributed by atoms with Crippen molar-refractivity contribution < 1.29 is 94.4 Å². The van der Waals surface area contributed by atoms with Crippen molar-refractivity contribution in [3.05, 3.63) is 62.4 Å². The zero-order chi connectivity index (χ0) is 53.6. The van der Waals surface area contributed by atoms with Gasteiger partial charge in [0.05, 0.1) is 38.8 Å². The number of nitrogens with zero attached hydrogens (tertiary/aromatic N) is 8. The highest BCUT2D eigenvalue weighted by Gasteiger charge is 2.51. The quantitative estimate of drug-likeness (QED) is 0.0244. The molecule has 3 aliphatic rings. The first kappa shape index (κ1) is 55.0. The average Bonchev–Trinajstić information content (AvgIpc) is 4.12. The van der Waals surface area contributed by atoms with Crippen molar-refractivity contribution in [2.45, 2.75) is 74.3 Å². The second kappa shape index (κ2) is 21.8. The maximum Gasteiger partial charge on any atom is 0.487 e. The van der Waals surface area contributed by atoms with Crippen molar-refractivity contribution in [2.75, 3.05) is 52.1 Å². The SMILES string of the molecule is COCC[C@H]1[C@@H](O)[C@H](n2c[n+](C)c3c(=O)[nH]c(N)nc32)O[C@@H]1COP(=O)([O-])OP(=O)(O)OP(=O)(O)OCC1O[C@@H](n2cnc3c(N)ncnc32)[C@H](OC)[C@@H]1CC(=O)NC[C@H]1O[C@@H](n2ccc(=O)[nH]c2=O)[C@H](O)[C@@H]1O. The molecule has 0 radical (unpaired) electrons. The Balaban J connectivity index is 0.928. The molecule has 38 heteroatoms. The van der Waals surface area contributed by atoms with Crippen LogP contribution in [0.3, 0.4) is 0 Å². The van der Waals surface area contributed by atoms with Crippen LogP contribution in [0.15, 0.2) is 45.6 Å². The molecule has 406 valence electrons. The number of rotatable bonds is 21. The van der Waals surface area contributed by atoms with Gasteiger partial charge in [-0.1, -0.05) is 0 Å². The number of nitrogen functional groups attached to an aromatic ring is 2. The van der Waals surface area contributed by atoms with Crippen molar-refractivity contribution in [3.8, 4) is 0 Å². The van der Waals surface area contributed by atoms with Crippen LogP contribution in [0, 0.1) is 11.8 Å². The largest absolute Gasteiger partial charge is 0.756 e. The van der Waals surface area contributed by atoms with Crippen LogP contribution in [0.1, 0.15) is 31.5 Å². The van der Waals surface area contributed by atoms with Crippen LogP contribution in [-0.2, 0) is 66.9 Å². The number of aromatic amines is 2. The lowest BCUT2D eigenvalue weighted by molar-refractivity contribution is -0.646. The molecule has 12 N–H and O–H groups in total. The van der Waals surface area contributed by atoms with Crippen LogP contribution >= 0.6 is 23.5 Å². The van der Waals surface area contributed by atoms with E-state index < -0.39 is 146 Å². The van der Waals surface area contributed by atoms with E-state index in [2.05, 4.69) is 38.9 Å². The smallest absolute Gasteiger partial charge is 0.487 e. The van der Waals surface area contributed by atoms with Crippen LogP contribution in [0.2, 0.25) is 0 Å². The van der Waals surface area contributed by atoms with Crippen LogP contribution < -0.4 is 43.1 Å². The van der Waals surface area contributed by atoms with E-state index in [-0.39, 0.29) is 47.1 Å². The molecule has 3 aliphatic heterocycles. The molecule has 0 saturated carbocycles. The Morgan fingerprint density at radius 2 is 1.55 bits per heavy atom. The number of aliphatic hydroxyl groups is 3. The standard InChI is InChI=1S/C36H50N13O22P3/c1-46-14-49(30-23(46)31(55)45-35(38)44-30)32-24(52)15(5-7-63-2)18(68-32)10-65-72(57,58)70-74(61,62)71-73(59,60)66-11-19-16(27(64-3)34(69-19)48-13-42-22-28(37)40-12-41-29(22)48)8-21(51)39-9-17-25(53)26(54)33(67-17)47-6-4-20(50)43-36(47)56/h4,6,12-19,24-27,32-34,52-54H,5,7-11H2,1-3H3,(H9-,37,38,39,40,41,43,44,45,50,51,55,56,57,58,59,60,61,62)/t15-,16-,17-,18-,19?,24-,25-,26-,27-,32-,33-,34-/m1/s1. The zero-order valence-electron chi connectivity index (χ0n) is 38.8. The third-order valence-electron chi connectivity index (χ3n) is 12.3. The summed E-state index contributed by atoms with van der Waals surface area (Å²) in [5.74, 6) is -3.14. The number of carbonyl (C=O) groups excluding carboxylic acids is 1. The summed E-state index contributed by atoms with van der Waals surface area (Å²) < 4.78 is 91.2. The summed E-state index contributed by atoms with van der Waals surface area (Å²) in [5, 5.41) is 35.2. The number of anilines is 2. The van der Waals surface area contributed by atoms with Crippen molar-refractivity contribution in [1.82, 2.24) is 48.9 Å². The number of amides is 1. The van der Waals surface area contributed by atoms with E-state index in [0.717, 1.165) is 23.2 Å². The number of aliphatic hydroxyl groups excluding tert-OH is 3. The summed E-state index contributed by atoms with van der Waals surface area (Å²) >= 11 is 0. The predicted molar refractivity (Wildman–Crippen MR) is 240 cm³/mol. The van der Waals surface area contributed by atoms with Crippen LogP contribution in [0.5, 0.6) is 0 Å². The van der Waals surface area contributed by atoms with Gasteiger partial charge in [0.1, 0.15) is 42.4 Å². The molecule has 15 atom stereocenters. The molecule has 35 nitrogen and oxygen atoms in total. The molecule has 4 unspecified atom stereocenters. The van der Waals surface area contributed by atoms with Gasteiger partial charge in [-0.2, -0.15) is 13.9 Å². The van der Waals surface area contributed by atoms with E-state index in [4.69, 9.17) is 44.2 Å². The van der Waals surface area contributed by atoms with E-state index in [1.165, 1.54) is 47.6 Å². The normalized spacial score (nSPS) is 29.6. The van der Waals surface area contributed by atoms with Crippen molar-refractivity contribution in [1.29, 1.82) is 0 Å². The van der Waals surface area contributed by atoms with E-state index in [1.54, 1.807) is 0 Å². The molecule has 3 saturated heterocycles. The van der Waals surface area contributed by atoms with Gasteiger partial charge in [0, 0.05) is 57.9 Å². The number of ether oxygens (including phenoxy) is 5. The number of hydrogen-bond acceptors (Lipinski definition) is 26. The van der Waals surface area contributed by atoms with Crippen molar-refractivity contribution in [2.24, 2.45) is 18.9 Å². The fourth-order valence-electron chi connectivity index (χ4n) is 8.92. The molecular weight excluding hydrogens is 1060 g/mol. The van der Waals surface area contributed by atoms with Gasteiger partial charge in [-0.3, -0.25) is 42.6 Å². The minimum atomic E-state index is -6.16. The number of fused-ring (bicyclic) bond motifs is 2. The Kier molecular flexibility index (Phi) is 16.2. The Bertz CT molecular complexity index is 3210. The van der Waals surface area contributed by atoms with Gasteiger partial charge in [-0.15, -0.1) is 0 Å². The lowest BCUT2D eigenvalue weighted by Gasteiger charge is -2.27. The number of carbonyl (C=O) groups is 1. The molecule has 8 rings (SSSR count). The molecule has 0 aliphatic carbocycles. The summed E-state index contributed by atoms with van der Waals surface area (Å²) in [6, 6.07) is 0.989. The topological polar surface area (TPSA) is 493 Å². The molecule has 1 amide bonds. The van der Waals surface area contributed by atoms with Gasteiger partial charge in [0.2, 0.25) is 24.4 Å². The second-order valence-corrected chi connectivity index (χ2v) is 21.6. The molecular formula is C36H50N13O22P3. The number of aryl methyl sites for hydroxylation is 1. The third-order valence-corrected chi connectivity index (χ3v) is 16.5. The molecule has 3 fully saturated rings. The highest BCUT2D eigenvalue weighted by Crippen LogP contribution is 2.67. The van der Waals surface area contributed by atoms with E-state index in [0.29, 0.717) is 0 Å². The lowest BCUT2D eigenvalue weighted by Crippen LogP contribution is -2.42. The van der Waals surface area contributed by atoms with E-state index in [1.807, 2.05) is 4.98 Å². The third kappa shape index (κ3) is 11.6. The van der Waals surface area contributed by atoms with Crippen LogP contribution in [0.4, 0.5) is 11.8 Å². The Labute approximate surface area is 413 Å². The number of imidazole rings is 2. The molecule has 74 heavy (non-hydrogen) atoms. The van der Waals surface area contributed by atoms with E-state index >= 15 is 0 Å². The molecule has 5 aromatic rings. The van der Waals surface area contributed by atoms with Gasteiger partial charge in [0.25, 0.3) is 24.5 Å². The van der Waals surface area contributed by atoms with Crippen molar-refractivity contribution in [3.63, 3.8) is 0 Å². The molecule has 0 bridgehead atoms. The minimum absolute atomic E-state index is 0.00159. The number of hydrogen-bond donors (Lipinski definition) is 10. The second-order valence-electron chi connectivity index (χ2n) is 17.0. The minimum Gasteiger partial charge on any atom is -0.756 e. The number of H-pyrrole nitrogens is 2. The first-order valence-corrected chi connectivity index (χ1v) is 26.3. The van der Waals surface area contributed by atoms with Crippen LogP contribution in [-0.4, -0.2) is 158 Å². The summed E-state index contributed by atoms with van der Waals surface area (Å²) in [5.41, 5.74) is 9.74. The number of phosphoric ester groups is 2. The Morgan fingerprint density at radius 1 is 0.865 bits per heavy atom. The molecule has 8 heterocycles. The average molecular weight is 1110 g/mol. The van der Waals surface area contributed by atoms with Crippen molar-refractivity contribution >= 4 is 63.5 Å². The summed E-state index contributed by atoms with van der Waals surface area (Å²) in [4.78, 5) is 105. The summed E-state index contributed by atoms with van der Waals surface area (Å²) in [6.45, 7) is -2.41. The van der Waals surface area contributed by atoms with Gasteiger partial charge in [-0.25, -0.2) is 37.8 Å². The van der Waals surface area contributed by atoms with Gasteiger partial charge >= 0.3 is 26.9 Å². The Hall–Kier alpha value is -5.26. The molecule has 0 spiro atoms. The monoisotopic (exact) mass is 1110 g/mol. The number of phosphoric acid groups is 3. The number of nitrogens with two attached hydrogens (primary N) is 2. The number of methoxy groups -OCH3 is 2. The molecule has 0 aromatic carbocycles. The lowest BCUT2D eigenvalue weighted by atomic mass is 9.93. The highest BCUT2D eigenvalue weighted by atomic mass is 31.3. The summed E-state index contributed by atoms with van der Waals surface area (Å²) in [6.07, 6.45) is -9.65. The highest BCUT2D eigenvalue weighted by molar-refractivity contribution is 7.66. The van der Waals surface area contributed by atoms with Gasteiger partial charge in [0.15, 0.2) is 23.9 Å². The fourth-order valence-corrected chi connectivity index (χ4v) is 12.4. The predicted octanol–water partition coefficient (Wildman–Crippen LogP) is -4.60. The maximum atomic E-state index is 13.6. The van der Waals surface area contributed by atoms with E-state index in [9.17, 15) is 62.9 Å². The summed E-state index contributed by atoms with van der Waals surface area (Å²) in [7, 11) is -13.9.